The van der Waals surface area contributed by atoms with E-state index in [9.17, 15) is 4.39 Å². The van der Waals surface area contributed by atoms with Crippen LogP contribution in [0.15, 0.2) is 12.1 Å². The molecule has 2 nitrogen and oxygen atoms in total. The van der Waals surface area contributed by atoms with Crippen molar-refractivity contribution in [1.29, 1.82) is 0 Å². The zero-order valence-corrected chi connectivity index (χ0v) is 13.8. The molecule has 0 spiro atoms. The van der Waals surface area contributed by atoms with Gasteiger partial charge in [-0.05, 0) is 61.3 Å². The molecule has 5 heteroatoms. The second-order valence-electron chi connectivity index (χ2n) is 5.68. The summed E-state index contributed by atoms with van der Waals surface area (Å²) in [6.45, 7) is 4.38. The van der Waals surface area contributed by atoms with Gasteiger partial charge in [0.05, 0.1) is 20.5 Å². The molecule has 0 unspecified atom stereocenters. The van der Waals surface area contributed by atoms with Gasteiger partial charge in [0.2, 0.25) is 0 Å². The Morgan fingerprint density at radius 2 is 2.16 bits per heavy atom. The van der Waals surface area contributed by atoms with Gasteiger partial charge in [0.25, 0.3) is 0 Å². The fourth-order valence-electron chi connectivity index (χ4n) is 2.83. The Hall–Kier alpha value is -0.360. The molecule has 19 heavy (non-hydrogen) atoms. The monoisotopic (exact) mass is 392 g/mol. The Morgan fingerprint density at radius 3 is 2.74 bits per heavy atom. The van der Waals surface area contributed by atoms with Crippen molar-refractivity contribution in [2.24, 2.45) is 5.92 Å². The lowest BCUT2D eigenvalue weighted by Gasteiger charge is -2.29. The number of nitrogens with zero attached hydrogens (tertiary/aromatic N) is 2. The van der Waals surface area contributed by atoms with Crippen molar-refractivity contribution in [3.8, 4) is 0 Å². The maximum Gasteiger partial charge on any atom is 0.138 e. The lowest BCUT2D eigenvalue weighted by Crippen LogP contribution is -2.30. The molecule has 0 amide bonds. The maximum absolute atomic E-state index is 13.9. The highest BCUT2D eigenvalue weighted by Gasteiger charge is 2.41. The molecule has 1 aliphatic carbocycles. The second kappa shape index (κ2) is 4.58. The van der Waals surface area contributed by atoms with Crippen molar-refractivity contribution in [1.82, 2.24) is 9.55 Å². The Labute approximate surface area is 130 Å². The third-order valence-corrected chi connectivity index (χ3v) is 5.10. The van der Waals surface area contributed by atoms with Crippen molar-refractivity contribution < 1.29 is 4.39 Å². The van der Waals surface area contributed by atoms with Crippen LogP contribution in [0.4, 0.5) is 4.39 Å². The first kappa shape index (κ1) is 13.6. The number of fused-ring (bicyclic) bond motifs is 1. The average Bonchev–Trinajstić information content (AvgIpc) is 3.13. The zero-order valence-electron chi connectivity index (χ0n) is 10.9. The number of hydrogen-bond donors (Lipinski definition) is 0. The summed E-state index contributed by atoms with van der Waals surface area (Å²) >= 11 is 8.03. The molecular weight excluding hydrogens is 378 g/mol. The van der Waals surface area contributed by atoms with E-state index < -0.39 is 0 Å². The molecule has 1 heterocycles. The fraction of sp³-hybridized carbons (Fsp3) is 0.500. The Kier molecular flexibility index (Phi) is 3.29. The maximum atomic E-state index is 13.9. The molecule has 102 valence electrons. The highest BCUT2D eigenvalue weighted by atomic mass is 127. The average molecular weight is 393 g/mol. The van der Waals surface area contributed by atoms with Crippen LogP contribution in [0.5, 0.6) is 0 Å². The Balaban J connectivity index is 2.29. The summed E-state index contributed by atoms with van der Waals surface area (Å²) in [5.41, 5.74) is 1.62. The molecule has 1 aromatic carbocycles. The second-order valence-corrected chi connectivity index (χ2v) is 7.11. The normalized spacial score (nSPS) is 16.3. The number of aromatic nitrogens is 2. The summed E-state index contributed by atoms with van der Waals surface area (Å²) < 4.78 is 16.6. The summed E-state index contributed by atoms with van der Waals surface area (Å²) in [6, 6.07) is 3.38. The van der Waals surface area contributed by atoms with E-state index in [4.69, 9.17) is 11.6 Å². The van der Waals surface area contributed by atoms with Gasteiger partial charge in [-0.1, -0.05) is 0 Å². The van der Waals surface area contributed by atoms with Gasteiger partial charge in [-0.2, -0.15) is 0 Å². The van der Waals surface area contributed by atoms with Crippen LogP contribution >= 0.6 is 34.2 Å². The molecule has 0 radical (unpaired) electrons. The fourth-order valence-corrected chi connectivity index (χ4v) is 3.46. The quantitative estimate of drug-likeness (QED) is 0.548. The smallest absolute Gasteiger partial charge is 0.138 e. The number of alkyl halides is 1. The van der Waals surface area contributed by atoms with Crippen LogP contribution in [0.3, 0.4) is 0 Å². The molecule has 1 fully saturated rings. The molecule has 1 saturated carbocycles. The van der Waals surface area contributed by atoms with Crippen LogP contribution in [0, 0.1) is 15.3 Å². The minimum Gasteiger partial charge on any atom is -0.321 e. The Bertz CT molecular complexity index is 646. The van der Waals surface area contributed by atoms with E-state index in [2.05, 4.69) is 23.4 Å². The first-order chi connectivity index (χ1) is 8.95. The summed E-state index contributed by atoms with van der Waals surface area (Å²) in [6.07, 6.45) is 2.45. The molecule has 2 aromatic rings. The van der Waals surface area contributed by atoms with E-state index in [0.717, 1.165) is 16.9 Å². The van der Waals surface area contributed by atoms with Crippen molar-refractivity contribution in [3.05, 3.63) is 27.3 Å². The van der Waals surface area contributed by atoms with E-state index in [1.807, 2.05) is 22.6 Å². The molecule has 0 atom stereocenters. The van der Waals surface area contributed by atoms with Gasteiger partial charge in [0.15, 0.2) is 0 Å². The van der Waals surface area contributed by atoms with Crippen molar-refractivity contribution in [2.75, 3.05) is 0 Å². The van der Waals surface area contributed by atoms with Crippen LogP contribution < -0.4 is 0 Å². The van der Waals surface area contributed by atoms with Crippen LogP contribution in [-0.2, 0) is 11.4 Å². The molecule has 0 saturated heterocycles. The first-order valence-corrected chi connectivity index (χ1v) is 7.99. The third kappa shape index (κ3) is 2.17. The molecular formula is C14H15ClFIN2. The minimum atomic E-state index is -0.193. The van der Waals surface area contributed by atoms with E-state index in [0.29, 0.717) is 15.4 Å². The van der Waals surface area contributed by atoms with Gasteiger partial charge in [-0.3, -0.25) is 0 Å². The summed E-state index contributed by atoms with van der Waals surface area (Å²) in [4.78, 5) is 4.57. The highest BCUT2D eigenvalue weighted by molar-refractivity contribution is 14.1. The SMILES string of the molecule is CC(C)(C1CC1)n1c(CCl)nc2cc(I)c(F)cc21. The van der Waals surface area contributed by atoms with Gasteiger partial charge in [0.1, 0.15) is 11.6 Å². The topological polar surface area (TPSA) is 17.8 Å². The van der Waals surface area contributed by atoms with E-state index in [1.54, 1.807) is 12.1 Å². The van der Waals surface area contributed by atoms with E-state index in [1.165, 1.54) is 12.8 Å². The van der Waals surface area contributed by atoms with Crippen molar-refractivity contribution in [3.63, 3.8) is 0 Å². The van der Waals surface area contributed by atoms with Crippen molar-refractivity contribution in [2.45, 2.75) is 38.1 Å². The van der Waals surface area contributed by atoms with E-state index >= 15 is 0 Å². The first-order valence-electron chi connectivity index (χ1n) is 6.38. The van der Waals surface area contributed by atoms with Crippen LogP contribution in [0.25, 0.3) is 11.0 Å². The number of imidazole rings is 1. The molecule has 1 aromatic heterocycles. The van der Waals surface area contributed by atoms with Gasteiger partial charge < -0.3 is 4.57 Å². The summed E-state index contributed by atoms with van der Waals surface area (Å²) in [5, 5.41) is 0. The molecule has 0 bridgehead atoms. The standard InChI is InChI=1S/C14H15ClFIN2/c1-14(2,8-3-4-8)19-12-5-9(16)10(17)6-11(12)18-13(19)7-15/h5-6,8H,3-4,7H2,1-2H3. The lowest BCUT2D eigenvalue weighted by molar-refractivity contribution is 0.306. The molecule has 0 N–H and O–H groups in total. The van der Waals surface area contributed by atoms with Gasteiger partial charge in [-0.15, -0.1) is 11.6 Å². The van der Waals surface area contributed by atoms with Crippen LogP contribution in [0.2, 0.25) is 0 Å². The van der Waals surface area contributed by atoms with E-state index in [-0.39, 0.29) is 11.4 Å². The highest BCUT2D eigenvalue weighted by Crippen LogP contribution is 2.46. The lowest BCUT2D eigenvalue weighted by atomic mass is 9.97. The van der Waals surface area contributed by atoms with Crippen molar-refractivity contribution >= 4 is 45.2 Å². The van der Waals surface area contributed by atoms with Gasteiger partial charge in [-0.25, -0.2) is 9.37 Å². The van der Waals surface area contributed by atoms with Gasteiger partial charge in [0, 0.05) is 11.6 Å². The van der Waals surface area contributed by atoms with Gasteiger partial charge >= 0.3 is 0 Å². The predicted octanol–water partition coefficient (Wildman–Crippen LogP) is 4.66. The zero-order chi connectivity index (χ0) is 13.8. The summed E-state index contributed by atoms with van der Waals surface area (Å²) in [5.74, 6) is 1.62. The largest absolute Gasteiger partial charge is 0.321 e. The predicted molar refractivity (Wildman–Crippen MR) is 84.0 cm³/mol. The molecule has 1 aliphatic rings. The van der Waals surface area contributed by atoms with Crippen LogP contribution in [-0.4, -0.2) is 9.55 Å². The third-order valence-electron chi connectivity index (χ3n) is 4.04. The number of halogens is 3. The molecule has 3 rings (SSSR count). The minimum absolute atomic E-state index is 0.0573. The summed E-state index contributed by atoms with van der Waals surface area (Å²) in [7, 11) is 0. The van der Waals surface area contributed by atoms with Crippen LogP contribution in [0.1, 0.15) is 32.5 Å². The Morgan fingerprint density at radius 1 is 1.47 bits per heavy atom. The number of rotatable bonds is 3. The number of hydrogen-bond acceptors (Lipinski definition) is 1. The molecule has 0 aliphatic heterocycles. The number of benzene rings is 1.